The Morgan fingerprint density at radius 2 is 1.18 bits per heavy atom. The molecule has 1 saturated carbocycles. The number of carbonyl (C=O) groups excluding carboxylic acids is 3. The number of thioether (sulfide) groups is 2. The predicted molar refractivity (Wildman–Crippen MR) is 223 cm³/mol. The molecule has 3 aliphatic carbocycles. The molecule has 6 aromatic rings. The standard InChI is InChI=1S/C22H20N4O2S2.C19H15N3O3S2/c27-18-8-11-1-3-14(9-16(11)29-18)25-20-19-15-6-2-12(21(28)26-13-4-5-13)7-17(15)30-22(19)24-10-23-20;23-15-6-9-1-3-11(7-13(9)26-15)22-17-16-12-4-2-10(19(24)25)5-14(12)27-18(16)21-8-20-17/h1,3,9-10,12-13H,2,4-8H2,(H,26,28)(H,23,24,25);1,3,7-8,10H,2,4-6H2,(H,24,25)(H,20,21,22). The van der Waals surface area contributed by atoms with E-state index in [0.29, 0.717) is 31.7 Å². The zero-order chi connectivity index (χ0) is 38.8. The Balaban J connectivity index is 0.000000140. The summed E-state index contributed by atoms with van der Waals surface area (Å²) >= 11 is 5.83. The first-order valence-corrected chi connectivity index (χ1v) is 22.2. The van der Waals surface area contributed by atoms with Crippen LogP contribution in [-0.4, -0.2) is 53.2 Å². The van der Waals surface area contributed by atoms with Gasteiger partial charge in [0.05, 0.1) is 16.7 Å². The van der Waals surface area contributed by atoms with Crippen molar-refractivity contribution < 1.29 is 24.3 Å². The number of aliphatic carboxylic acids is 1. The van der Waals surface area contributed by atoms with E-state index in [4.69, 9.17) is 0 Å². The molecule has 16 heteroatoms. The fourth-order valence-electron chi connectivity index (χ4n) is 8.04. The summed E-state index contributed by atoms with van der Waals surface area (Å²) in [5, 5.41) is 21.7. The highest BCUT2D eigenvalue weighted by atomic mass is 32.2. The molecule has 0 bridgehead atoms. The van der Waals surface area contributed by atoms with Crippen LogP contribution in [0.3, 0.4) is 0 Å². The van der Waals surface area contributed by atoms with Gasteiger partial charge < -0.3 is 21.1 Å². The van der Waals surface area contributed by atoms with Gasteiger partial charge in [-0.15, -0.1) is 22.7 Å². The molecule has 0 radical (unpaired) electrons. The highest BCUT2D eigenvalue weighted by molar-refractivity contribution is 8.14. The van der Waals surface area contributed by atoms with E-state index in [0.717, 1.165) is 108 Å². The van der Waals surface area contributed by atoms with Crippen LogP contribution >= 0.6 is 46.2 Å². The fraction of sp³-hybridized carbons (Fsp3) is 0.317. The summed E-state index contributed by atoms with van der Waals surface area (Å²) in [6.07, 6.45) is 10.8. The van der Waals surface area contributed by atoms with Crippen LogP contribution in [0.2, 0.25) is 0 Å². The lowest BCUT2D eigenvalue weighted by Gasteiger charge is -2.21. The third-order valence-corrected chi connectivity index (χ3v) is 15.4. The molecule has 2 aliphatic heterocycles. The molecule has 2 unspecified atom stereocenters. The summed E-state index contributed by atoms with van der Waals surface area (Å²) in [5.74, 6) is 0.749. The summed E-state index contributed by atoms with van der Waals surface area (Å²) in [6.45, 7) is 0. The van der Waals surface area contributed by atoms with Crippen LogP contribution in [0.25, 0.3) is 20.4 Å². The molecule has 5 aliphatic rings. The van der Waals surface area contributed by atoms with Gasteiger partial charge >= 0.3 is 5.97 Å². The number of amides is 1. The zero-order valence-electron chi connectivity index (χ0n) is 30.4. The number of benzene rings is 2. The number of aryl methyl sites for hydroxylation is 2. The van der Waals surface area contributed by atoms with Crippen molar-refractivity contribution in [2.24, 2.45) is 11.8 Å². The minimum Gasteiger partial charge on any atom is -0.481 e. The number of nitrogens with one attached hydrogen (secondary N) is 3. The van der Waals surface area contributed by atoms with E-state index in [1.54, 1.807) is 29.0 Å². The Morgan fingerprint density at radius 1 is 0.667 bits per heavy atom. The van der Waals surface area contributed by atoms with E-state index < -0.39 is 5.97 Å². The summed E-state index contributed by atoms with van der Waals surface area (Å²) in [7, 11) is 0. The molecule has 2 aromatic carbocycles. The van der Waals surface area contributed by atoms with Crippen molar-refractivity contribution in [2.75, 3.05) is 10.6 Å². The third-order valence-electron chi connectivity index (χ3n) is 11.1. The van der Waals surface area contributed by atoms with Crippen LogP contribution in [0, 0.1) is 11.8 Å². The predicted octanol–water partition coefficient (Wildman–Crippen LogP) is 7.79. The van der Waals surface area contributed by atoms with Crippen LogP contribution in [-0.2, 0) is 57.7 Å². The van der Waals surface area contributed by atoms with E-state index >= 15 is 0 Å². The number of rotatable bonds is 7. The zero-order valence-corrected chi connectivity index (χ0v) is 33.7. The van der Waals surface area contributed by atoms with Crippen molar-refractivity contribution in [3.63, 3.8) is 0 Å². The van der Waals surface area contributed by atoms with Gasteiger partial charge in [-0.05, 0) is 97.9 Å². The number of carboxylic acids is 1. The van der Waals surface area contributed by atoms with Crippen molar-refractivity contribution in [1.29, 1.82) is 0 Å². The number of nitrogens with zero attached hydrogens (tertiary/aromatic N) is 4. The molecule has 0 saturated heterocycles. The number of aromatic nitrogens is 4. The van der Waals surface area contributed by atoms with Crippen LogP contribution in [0.5, 0.6) is 0 Å². The molecule has 11 rings (SSSR count). The number of hydrogen-bond acceptors (Lipinski definition) is 14. The minimum atomic E-state index is -0.729. The SMILES string of the molecule is O=C1Cc2ccc(Nc3ncnc4sc5c(c34)CCC(C(=O)NC3CC3)C5)cc2S1.O=C1Cc2ccc(Nc3ncnc4sc5c(c34)CCC(C(=O)O)C5)cc2S1. The van der Waals surface area contributed by atoms with Crippen molar-refractivity contribution in [1.82, 2.24) is 25.3 Å². The fourth-order valence-corrected chi connectivity index (χ4v) is 12.4. The summed E-state index contributed by atoms with van der Waals surface area (Å²) in [5.41, 5.74) is 6.41. The lowest BCUT2D eigenvalue weighted by molar-refractivity contribution is -0.142. The second-order valence-electron chi connectivity index (χ2n) is 15.0. The molecule has 4 N–H and O–H groups in total. The average molecular weight is 834 g/mol. The van der Waals surface area contributed by atoms with E-state index in [1.807, 2.05) is 36.4 Å². The lowest BCUT2D eigenvalue weighted by Crippen LogP contribution is -2.35. The largest absolute Gasteiger partial charge is 0.481 e. The molecular weight excluding hydrogens is 799 g/mol. The smallest absolute Gasteiger partial charge is 0.306 e. The van der Waals surface area contributed by atoms with Gasteiger partial charge in [0.15, 0.2) is 10.2 Å². The van der Waals surface area contributed by atoms with Gasteiger partial charge in [0, 0.05) is 55.7 Å². The van der Waals surface area contributed by atoms with Gasteiger partial charge in [0.25, 0.3) is 0 Å². The first-order chi connectivity index (χ1) is 27.7. The number of hydrogen-bond donors (Lipinski definition) is 4. The quantitative estimate of drug-likeness (QED) is 0.123. The number of carboxylic acid groups (broad SMARTS) is 1. The molecule has 1 amide bonds. The highest BCUT2D eigenvalue weighted by Gasteiger charge is 2.33. The first-order valence-electron chi connectivity index (χ1n) is 19.0. The third kappa shape index (κ3) is 7.28. The number of thiophene rings is 2. The lowest BCUT2D eigenvalue weighted by atomic mass is 9.87. The summed E-state index contributed by atoms with van der Waals surface area (Å²) in [4.78, 5) is 71.3. The molecule has 57 heavy (non-hydrogen) atoms. The van der Waals surface area contributed by atoms with Gasteiger partial charge in [-0.2, -0.15) is 0 Å². The molecular formula is C41H35N7O5S4. The van der Waals surface area contributed by atoms with Crippen LogP contribution in [0.1, 0.15) is 57.7 Å². The van der Waals surface area contributed by atoms with Crippen molar-refractivity contribution >= 4 is 112 Å². The number of fused-ring (bicyclic) bond motifs is 8. The molecule has 0 spiro atoms. The maximum atomic E-state index is 12.5. The normalized spacial score (nSPS) is 19.3. The van der Waals surface area contributed by atoms with Gasteiger partial charge in [-0.3, -0.25) is 19.2 Å². The highest BCUT2D eigenvalue weighted by Crippen LogP contribution is 2.43. The van der Waals surface area contributed by atoms with E-state index in [2.05, 4.69) is 35.9 Å². The summed E-state index contributed by atoms with van der Waals surface area (Å²) in [6, 6.07) is 12.4. The van der Waals surface area contributed by atoms with Crippen LogP contribution < -0.4 is 16.0 Å². The Labute approximate surface area is 343 Å². The summed E-state index contributed by atoms with van der Waals surface area (Å²) < 4.78 is 0. The van der Waals surface area contributed by atoms with Crippen molar-refractivity contribution in [3.8, 4) is 0 Å². The first kappa shape index (κ1) is 36.4. The molecule has 2 atom stereocenters. The second-order valence-corrected chi connectivity index (χ2v) is 19.4. The molecule has 6 heterocycles. The maximum Gasteiger partial charge on any atom is 0.306 e. The average Bonchev–Trinajstić information content (AvgIpc) is 3.48. The van der Waals surface area contributed by atoms with E-state index in [9.17, 15) is 24.3 Å². The molecule has 12 nitrogen and oxygen atoms in total. The van der Waals surface area contributed by atoms with E-state index in [1.165, 1.54) is 45.9 Å². The number of carbonyl (C=O) groups is 4. The van der Waals surface area contributed by atoms with Gasteiger partial charge in [0.2, 0.25) is 5.91 Å². The van der Waals surface area contributed by atoms with Gasteiger partial charge in [-0.1, -0.05) is 35.7 Å². The second kappa shape index (κ2) is 14.8. The van der Waals surface area contributed by atoms with Crippen molar-refractivity contribution in [2.45, 2.75) is 80.0 Å². The van der Waals surface area contributed by atoms with E-state index in [-0.39, 0.29) is 28.0 Å². The Hall–Kier alpha value is -4.90. The number of anilines is 4. The minimum absolute atomic E-state index is 0.0572. The monoisotopic (exact) mass is 833 g/mol. The Bertz CT molecular complexity index is 2670. The van der Waals surface area contributed by atoms with Crippen LogP contribution in [0.4, 0.5) is 23.0 Å². The Kier molecular flexibility index (Phi) is 9.46. The Morgan fingerprint density at radius 3 is 1.68 bits per heavy atom. The molecule has 1 fully saturated rings. The van der Waals surface area contributed by atoms with Gasteiger partial charge in [0.1, 0.15) is 34.0 Å². The molecule has 4 aromatic heterocycles. The van der Waals surface area contributed by atoms with Crippen LogP contribution in [0.15, 0.2) is 58.8 Å². The van der Waals surface area contributed by atoms with Crippen molar-refractivity contribution in [3.05, 3.63) is 81.1 Å². The topological polar surface area (TPSA) is 176 Å². The van der Waals surface area contributed by atoms with Gasteiger partial charge in [-0.25, -0.2) is 19.9 Å². The maximum absolute atomic E-state index is 12.5. The molecule has 288 valence electrons.